The second-order valence-corrected chi connectivity index (χ2v) is 5.02. The van der Waals surface area contributed by atoms with Crippen LogP contribution in [0.1, 0.15) is 20.8 Å². The molecule has 1 unspecified atom stereocenters. The summed E-state index contributed by atoms with van der Waals surface area (Å²) >= 11 is 3.48. The summed E-state index contributed by atoms with van der Waals surface area (Å²) in [4.78, 5) is 6.50. The van der Waals surface area contributed by atoms with E-state index in [-0.39, 0.29) is 0 Å². The third-order valence-corrected chi connectivity index (χ3v) is 3.34. The number of hydrogen-bond acceptors (Lipinski definition) is 3. The average molecular weight is 272 g/mol. The van der Waals surface area contributed by atoms with Crippen molar-refractivity contribution in [2.75, 3.05) is 17.7 Å². The van der Waals surface area contributed by atoms with E-state index in [4.69, 9.17) is 5.73 Å². The number of aromatic nitrogens is 1. The second kappa shape index (κ2) is 4.84. The maximum Gasteiger partial charge on any atom is 0.143 e. The van der Waals surface area contributed by atoms with Crippen molar-refractivity contribution in [2.45, 2.75) is 26.8 Å². The molecular formula is C11H18BrN3. The van der Waals surface area contributed by atoms with Crippen LogP contribution in [0.3, 0.4) is 0 Å². The zero-order valence-corrected chi connectivity index (χ0v) is 11.2. The summed E-state index contributed by atoms with van der Waals surface area (Å²) in [6, 6.07) is 2.32. The van der Waals surface area contributed by atoms with Crippen LogP contribution in [0.25, 0.3) is 0 Å². The minimum absolute atomic E-state index is 0.442. The molecule has 0 aliphatic rings. The van der Waals surface area contributed by atoms with Crippen LogP contribution in [0.15, 0.2) is 16.7 Å². The molecule has 1 rings (SSSR count). The maximum absolute atomic E-state index is 5.65. The van der Waals surface area contributed by atoms with E-state index in [1.807, 2.05) is 13.1 Å². The van der Waals surface area contributed by atoms with Gasteiger partial charge >= 0.3 is 0 Å². The van der Waals surface area contributed by atoms with E-state index >= 15 is 0 Å². The number of nitrogens with zero attached hydrogens (tertiary/aromatic N) is 2. The van der Waals surface area contributed by atoms with Crippen molar-refractivity contribution >= 4 is 27.4 Å². The molecule has 2 N–H and O–H groups in total. The molecule has 0 bridgehead atoms. The third-order valence-electron chi connectivity index (χ3n) is 2.75. The van der Waals surface area contributed by atoms with Crippen molar-refractivity contribution in [2.24, 2.45) is 5.92 Å². The van der Waals surface area contributed by atoms with Crippen LogP contribution in [-0.2, 0) is 0 Å². The van der Waals surface area contributed by atoms with E-state index in [0.717, 1.165) is 10.3 Å². The topological polar surface area (TPSA) is 42.2 Å². The lowest BCUT2D eigenvalue weighted by Gasteiger charge is -2.29. The zero-order chi connectivity index (χ0) is 11.6. The van der Waals surface area contributed by atoms with Gasteiger partial charge in [0.15, 0.2) is 0 Å². The first-order valence-corrected chi connectivity index (χ1v) is 5.86. The maximum atomic E-state index is 5.65. The molecule has 0 aliphatic carbocycles. The predicted octanol–water partition coefficient (Wildman–Crippen LogP) is 2.91. The highest BCUT2D eigenvalue weighted by atomic mass is 79.9. The summed E-state index contributed by atoms with van der Waals surface area (Å²) in [7, 11) is 2.05. The van der Waals surface area contributed by atoms with Crippen molar-refractivity contribution in [3.8, 4) is 0 Å². The molecule has 1 aromatic rings. The van der Waals surface area contributed by atoms with Crippen LogP contribution in [0, 0.1) is 5.92 Å². The van der Waals surface area contributed by atoms with Gasteiger partial charge in [-0.3, -0.25) is 0 Å². The third kappa shape index (κ3) is 2.84. The zero-order valence-electron chi connectivity index (χ0n) is 9.66. The lowest BCUT2D eigenvalue weighted by atomic mass is 10.1. The molecule has 0 saturated carbocycles. The van der Waals surface area contributed by atoms with Gasteiger partial charge in [-0.15, -0.1) is 0 Å². The summed E-state index contributed by atoms with van der Waals surface area (Å²) < 4.78 is 0.942. The molecule has 0 radical (unpaired) electrons. The minimum Gasteiger partial charge on any atom is -0.397 e. The quantitative estimate of drug-likeness (QED) is 0.919. The molecule has 15 heavy (non-hydrogen) atoms. The molecule has 0 fully saturated rings. The Hall–Kier alpha value is -0.770. The molecule has 0 spiro atoms. The van der Waals surface area contributed by atoms with Crippen molar-refractivity contribution in [3.05, 3.63) is 16.7 Å². The number of halogens is 1. The Kier molecular flexibility index (Phi) is 3.97. The lowest BCUT2D eigenvalue weighted by Crippen LogP contribution is -2.34. The fourth-order valence-corrected chi connectivity index (χ4v) is 1.99. The summed E-state index contributed by atoms with van der Waals surface area (Å²) in [5.41, 5.74) is 6.33. The van der Waals surface area contributed by atoms with E-state index in [0.29, 0.717) is 17.6 Å². The first-order valence-electron chi connectivity index (χ1n) is 5.07. The van der Waals surface area contributed by atoms with Crippen LogP contribution in [0.4, 0.5) is 11.5 Å². The normalized spacial score (nSPS) is 12.9. The van der Waals surface area contributed by atoms with Crippen LogP contribution in [0.2, 0.25) is 0 Å². The van der Waals surface area contributed by atoms with E-state index < -0.39 is 0 Å². The first-order chi connectivity index (χ1) is 6.93. The van der Waals surface area contributed by atoms with Crippen LogP contribution in [0.5, 0.6) is 0 Å². The highest BCUT2D eigenvalue weighted by molar-refractivity contribution is 9.10. The highest BCUT2D eigenvalue weighted by Crippen LogP contribution is 2.27. The van der Waals surface area contributed by atoms with Crippen molar-refractivity contribution in [1.82, 2.24) is 4.98 Å². The van der Waals surface area contributed by atoms with Gasteiger partial charge in [-0.05, 0) is 34.8 Å². The summed E-state index contributed by atoms with van der Waals surface area (Å²) in [5, 5.41) is 0. The van der Waals surface area contributed by atoms with Crippen LogP contribution >= 0.6 is 15.9 Å². The number of nitrogen functional groups attached to an aromatic ring is 1. The molecule has 0 saturated heterocycles. The SMILES string of the molecule is CC(C)C(C)N(C)c1ncc(N)cc1Br. The Bertz CT molecular complexity index is 339. The predicted molar refractivity (Wildman–Crippen MR) is 69.1 cm³/mol. The Balaban J connectivity index is 2.96. The monoisotopic (exact) mass is 271 g/mol. The summed E-state index contributed by atoms with van der Waals surface area (Å²) in [6.45, 7) is 6.59. The fourth-order valence-electron chi connectivity index (χ4n) is 1.35. The summed E-state index contributed by atoms with van der Waals surface area (Å²) in [5.74, 6) is 1.52. The van der Waals surface area contributed by atoms with Gasteiger partial charge in [0, 0.05) is 13.1 Å². The van der Waals surface area contributed by atoms with E-state index in [1.165, 1.54) is 0 Å². The van der Waals surface area contributed by atoms with Gasteiger partial charge in [0.2, 0.25) is 0 Å². The van der Waals surface area contributed by atoms with Gasteiger partial charge in [-0.25, -0.2) is 4.98 Å². The molecule has 0 aliphatic heterocycles. The smallest absolute Gasteiger partial charge is 0.143 e. The van der Waals surface area contributed by atoms with Gasteiger partial charge in [0.25, 0.3) is 0 Å². The Morgan fingerprint density at radius 1 is 1.40 bits per heavy atom. The van der Waals surface area contributed by atoms with Gasteiger partial charge in [0.05, 0.1) is 16.4 Å². The van der Waals surface area contributed by atoms with Gasteiger partial charge in [-0.1, -0.05) is 13.8 Å². The molecule has 84 valence electrons. The first kappa shape index (κ1) is 12.3. The molecular weight excluding hydrogens is 254 g/mol. The Morgan fingerprint density at radius 3 is 2.47 bits per heavy atom. The molecule has 1 atom stereocenters. The van der Waals surface area contributed by atoms with Crippen LogP contribution < -0.4 is 10.6 Å². The van der Waals surface area contributed by atoms with E-state index in [2.05, 4.69) is 46.6 Å². The van der Waals surface area contributed by atoms with E-state index in [9.17, 15) is 0 Å². The highest BCUT2D eigenvalue weighted by Gasteiger charge is 2.16. The molecule has 1 heterocycles. The Morgan fingerprint density at radius 2 is 2.00 bits per heavy atom. The molecule has 1 aromatic heterocycles. The molecule has 0 amide bonds. The number of pyridine rings is 1. The number of hydrogen-bond donors (Lipinski definition) is 1. The van der Waals surface area contributed by atoms with Crippen molar-refractivity contribution in [1.29, 1.82) is 0 Å². The second-order valence-electron chi connectivity index (χ2n) is 4.17. The van der Waals surface area contributed by atoms with Crippen molar-refractivity contribution < 1.29 is 0 Å². The Labute approximate surface area is 99.8 Å². The summed E-state index contributed by atoms with van der Waals surface area (Å²) in [6.07, 6.45) is 1.68. The molecule has 4 heteroatoms. The fraction of sp³-hybridized carbons (Fsp3) is 0.545. The molecule has 0 aromatic carbocycles. The van der Waals surface area contributed by atoms with Crippen molar-refractivity contribution in [3.63, 3.8) is 0 Å². The largest absolute Gasteiger partial charge is 0.397 e. The average Bonchev–Trinajstić information content (AvgIpc) is 2.15. The lowest BCUT2D eigenvalue weighted by molar-refractivity contribution is 0.502. The number of nitrogens with two attached hydrogens (primary N) is 1. The number of rotatable bonds is 3. The molecule has 3 nitrogen and oxygen atoms in total. The minimum atomic E-state index is 0.442. The van der Waals surface area contributed by atoms with Gasteiger partial charge in [0.1, 0.15) is 5.82 Å². The number of anilines is 2. The van der Waals surface area contributed by atoms with Crippen LogP contribution in [-0.4, -0.2) is 18.1 Å². The van der Waals surface area contributed by atoms with E-state index in [1.54, 1.807) is 6.20 Å². The standard InChI is InChI=1S/C11H18BrN3/c1-7(2)8(3)15(4)11-10(12)5-9(13)6-14-11/h5-8H,13H2,1-4H3. The van der Waals surface area contributed by atoms with Gasteiger partial charge < -0.3 is 10.6 Å². The van der Waals surface area contributed by atoms with Gasteiger partial charge in [-0.2, -0.15) is 0 Å².